The number of nitrogens with zero attached hydrogens (tertiary/aromatic N) is 2. The van der Waals surface area contributed by atoms with E-state index in [1.54, 1.807) is 17.0 Å². The van der Waals surface area contributed by atoms with E-state index in [9.17, 15) is 9.90 Å². The van der Waals surface area contributed by atoms with E-state index in [2.05, 4.69) is 35.2 Å². The van der Waals surface area contributed by atoms with Crippen molar-refractivity contribution in [3.05, 3.63) is 60.2 Å². The predicted molar refractivity (Wildman–Crippen MR) is 113 cm³/mol. The Morgan fingerprint density at radius 3 is 2.10 bits per heavy atom. The standard InChI is InChI=1S/C23H30N4O2/c28-22-8-6-21(7-9-22)26-14-16-27(17-15-26)23(29)19-25-12-10-24(11-13-25)18-20-4-2-1-3-5-20/h1-9,28H,10-19H2/p+2. The first-order chi connectivity index (χ1) is 14.2. The molecule has 2 aliphatic heterocycles. The van der Waals surface area contributed by atoms with Crippen LogP contribution in [-0.4, -0.2) is 74.8 Å². The summed E-state index contributed by atoms with van der Waals surface area (Å²) in [4.78, 5) is 20.1. The molecule has 4 rings (SSSR count). The highest BCUT2D eigenvalue weighted by Crippen LogP contribution is 2.19. The summed E-state index contributed by atoms with van der Waals surface area (Å²) in [5, 5.41) is 9.44. The van der Waals surface area contributed by atoms with E-state index in [-0.39, 0.29) is 11.7 Å². The van der Waals surface area contributed by atoms with Crippen molar-refractivity contribution in [2.24, 2.45) is 0 Å². The molecule has 0 spiro atoms. The Labute approximate surface area is 172 Å². The SMILES string of the molecule is O=C(C[NH+]1CC[NH+](Cc2ccccc2)CC1)N1CCN(c2ccc(O)cc2)CC1. The van der Waals surface area contributed by atoms with Crippen molar-refractivity contribution in [1.82, 2.24) is 4.90 Å². The molecule has 0 bridgehead atoms. The number of phenolic OH excluding ortho intramolecular Hbond substituents is 1. The van der Waals surface area contributed by atoms with Gasteiger partial charge in [0.25, 0.3) is 5.91 Å². The Morgan fingerprint density at radius 2 is 1.45 bits per heavy atom. The molecule has 0 aliphatic carbocycles. The molecule has 2 aromatic rings. The van der Waals surface area contributed by atoms with E-state index in [1.165, 1.54) is 10.5 Å². The molecule has 0 saturated carbocycles. The Kier molecular flexibility index (Phi) is 6.32. The van der Waals surface area contributed by atoms with Gasteiger partial charge in [0.1, 0.15) is 38.5 Å². The van der Waals surface area contributed by atoms with Gasteiger partial charge < -0.3 is 24.7 Å². The molecule has 2 aliphatic rings. The number of anilines is 1. The van der Waals surface area contributed by atoms with Gasteiger partial charge in [0, 0.05) is 37.4 Å². The van der Waals surface area contributed by atoms with Crippen molar-refractivity contribution in [3.8, 4) is 5.75 Å². The van der Waals surface area contributed by atoms with Gasteiger partial charge in [-0.2, -0.15) is 0 Å². The lowest BCUT2D eigenvalue weighted by atomic mass is 10.2. The third kappa shape index (κ3) is 5.28. The van der Waals surface area contributed by atoms with E-state index in [0.29, 0.717) is 6.54 Å². The van der Waals surface area contributed by atoms with Crippen molar-refractivity contribution in [2.75, 3.05) is 63.8 Å². The topological polar surface area (TPSA) is 52.7 Å². The molecule has 2 fully saturated rings. The molecular formula is C23H32N4O2+2. The minimum Gasteiger partial charge on any atom is -0.508 e. The van der Waals surface area contributed by atoms with Gasteiger partial charge in [-0.1, -0.05) is 30.3 Å². The molecule has 0 aromatic heterocycles. The molecule has 2 aromatic carbocycles. The van der Waals surface area contributed by atoms with Crippen molar-refractivity contribution in [2.45, 2.75) is 6.54 Å². The third-order valence-electron chi connectivity index (χ3n) is 6.21. The number of rotatable bonds is 5. The number of quaternary nitrogens is 2. The van der Waals surface area contributed by atoms with E-state index >= 15 is 0 Å². The number of amides is 1. The smallest absolute Gasteiger partial charge is 0.277 e. The lowest BCUT2D eigenvalue weighted by Crippen LogP contribution is -3.28. The van der Waals surface area contributed by atoms with Crippen LogP contribution in [0.3, 0.4) is 0 Å². The van der Waals surface area contributed by atoms with Gasteiger partial charge in [-0.3, -0.25) is 4.79 Å². The van der Waals surface area contributed by atoms with Crippen LogP contribution in [0.4, 0.5) is 5.69 Å². The van der Waals surface area contributed by atoms with Crippen LogP contribution in [0.15, 0.2) is 54.6 Å². The fourth-order valence-corrected chi connectivity index (χ4v) is 4.40. The monoisotopic (exact) mass is 396 g/mol. The van der Waals surface area contributed by atoms with Crippen LogP contribution in [0, 0.1) is 0 Å². The van der Waals surface area contributed by atoms with Crippen LogP contribution in [0.5, 0.6) is 5.75 Å². The summed E-state index contributed by atoms with van der Waals surface area (Å²) < 4.78 is 0. The maximum Gasteiger partial charge on any atom is 0.277 e. The van der Waals surface area contributed by atoms with Crippen molar-refractivity contribution in [1.29, 1.82) is 0 Å². The molecular weight excluding hydrogens is 364 g/mol. The molecule has 1 amide bonds. The first-order valence-electron chi connectivity index (χ1n) is 10.7. The first-order valence-corrected chi connectivity index (χ1v) is 10.7. The van der Waals surface area contributed by atoms with Crippen molar-refractivity contribution in [3.63, 3.8) is 0 Å². The van der Waals surface area contributed by atoms with Crippen molar-refractivity contribution < 1.29 is 19.7 Å². The van der Waals surface area contributed by atoms with Gasteiger partial charge in [0.05, 0.1) is 0 Å². The maximum atomic E-state index is 12.8. The van der Waals surface area contributed by atoms with Gasteiger partial charge in [0.2, 0.25) is 0 Å². The summed E-state index contributed by atoms with van der Waals surface area (Å²) in [5.41, 5.74) is 2.51. The second-order valence-electron chi connectivity index (χ2n) is 8.22. The molecule has 6 nitrogen and oxygen atoms in total. The second-order valence-corrected chi connectivity index (χ2v) is 8.22. The number of carbonyl (C=O) groups excluding carboxylic acids is 1. The van der Waals surface area contributed by atoms with Crippen LogP contribution in [-0.2, 0) is 11.3 Å². The number of carbonyl (C=O) groups is 1. The van der Waals surface area contributed by atoms with Crippen LogP contribution in [0.25, 0.3) is 0 Å². The molecule has 0 atom stereocenters. The summed E-state index contributed by atoms with van der Waals surface area (Å²) in [6.45, 7) is 9.36. The number of benzene rings is 2. The molecule has 3 N–H and O–H groups in total. The molecule has 6 heteroatoms. The number of phenols is 1. The molecule has 0 radical (unpaired) electrons. The van der Waals surface area contributed by atoms with Crippen LogP contribution >= 0.6 is 0 Å². The van der Waals surface area contributed by atoms with Crippen molar-refractivity contribution >= 4 is 11.6 Å². The minimum absolute atomic E-state index is 0.288. The average Bonchev–Trinajstić information content (AvgIpc) is 2.76. The molecule has 0 unspecified atom stereocenters. The van der Waals surface area contributed by atoms with E-state index in [0.717, 1.165) is 64.6 Å². The number of hydrogen-bond donors (Lipinski definition) is 3. The summed E-state index contributed by atoms with van der Waals surface area (Å²) in [5.74, 6) is 0.577. The third-order valence-corrected chi connectivity index (χ3v) is 6.21. The van der Waals surface area contributed by atoms with Gasteiger partial charge in [0.15, 0.2) is 6.54 Å². The molecule has 29 heavy (non-hydrogen) atoms. The fourth-order valence-electron chi connectivity index (χ4n) is 4.40. The largest absolute Gasteiger partial charge is 0.508 e. The number of nitrogens with one attached hydrogen (secondary N) is 2. The molecule has 2 heterocycles. The molecule has 2 saturated heterocycles. The zero-order valence-electron chi connectivity index (χ0n) is 17.0. The molecule has 154 valence electrons. The van der Waals surface area contributed by atoms with Crippen LogP contribution < -0.4 is 14.7 Å². The predicted octanol–water partition coefficient (Wildman–Crippen LogP) is -0.976. The highest BCUT2D eigenvalue weighted by Gasteiger charge is 2.28. The van der Waals surface area contributed by atoms with Gasteiger partial charge >= 0.3 is 0 Å². The maximum absolute atomic E-state index is 12.8. The van der Waals surface area contributed by atoms with Crippen LogP contribution in [0.2, 0.25) is 0 Å². The number of aromatic hydroxyl groups is 1. The number of piperazine rings is 2. The Hall–Kier alpha value is -2.57. The Morgan fingerprint density at radius 1 is 0.828 bits per heavy atom. The number of hydrogen-bond acceptors (Lipinski definition) is 3. The second kappa shape index (κ2) is 9.29. The lowest BCUT2D eigenvalue weighted by molar-refractivity contribution is -1.02. The summed E-state index contributed by atoms with van der Waals surface area (Å²) in [7, 11) is 0. The summed E-state index contributed by atoms with van der Waals surface area (Å²) >= 11 is 0. The minimum atomic E-state index is 0.288. The van der Waals surface area contributed by atoms with Gasteiger partial charge in [-0.15, -0.1) is 0 Å². The normalized spacial score (nSPS) is 22.5. The Balaban J connectivity index is 1.19. The quantitative estimate of drug-likeness (QED) is 0.609. The Bertz CT molecular complexity index is 780. The summed E-state index contributed by atoms with van der Waals surface area (Å²) in [6.07, 6.45) is 0. The first kappa shape index (κ1) is 19.7. The van der Waals surface area contributed by atoms with E-state index in [4.69, 9.17) is 0 Å². The zero-order chi connectivity index (χ0) is 20.1. The average molecular weight is 397 g/mol. The fraction of sp³-hybridized carbons (Fsp3) is 0.435. The van der Waals surface area contributed by atoms with Gasteiger partial charge in [-0.25, -0.2) is 0 Å². The van der Waals surface area contributed by atoms with E-state index in [1.807, 2.05) is 17.0 Å². The summed E-state index contributed by atoms with van der Waals surface area (Å²) in [6, 6.07) is 18.0. The zero-order valence-corrected chi connectivity index (χ0v) is 17.0. The van der Waals surface area contributed by atoms with Gasteiger partial charge in [-0.05, 0) is 24.3 Å². The highest BCUT2D eigenvalue weighted by atomic mass is 16.3. The van der Waals surface area contributed by atoms with Crippen LogP contribution in [0.1, 0.15) is 5.56 Å². The lowest BCUT2D eigenvalue weighted by Gasteiger charge is -2.37. The van der Waals surface area contributed by atoms with E-state index < -0.39 is 0 Å². The highest BCUT2D eigenvalue weighted by molar-refractivity contribution is 5.77.